The zero-order valence-electron chi connectivity index (χ0n) is 10.6. The van der Waals surface area contributed by atoms with Crippen LogP contribution < -0.4 is 21.9 Å². The number of carbonyl (C=O) groups is 1. The van der Waals surface area contributed by atoms with Gasteiger partial charge in [-0.05, 0) is 6.42 Å². The largest absolute Gasteiger partial charge is 0.374 e. The summed E-state index contributed by atoms with van der Waals surface area (Å²) in [6, 6.07) is -0.101. The maximum Gasteiger partial charge on any atom is 0.332 e. The SMILES string of the molecule is CCC1CC(=O)Nc2c(c(=O)n(C)c(=O)n2C)N1. The number of rotatable bonds is 1. The maximum absolute atomic E-state index is 12.0. The van der Waals surface area contributed by atoms with Gasteiger partial charge in [-0.25, -0.2) is 4.79 Å². The van der Waals surface area contributed by atoms with Gasteiger partial charge >= 0.3 is 5.69 Å². The Morgan fingerprint density at radius 3 is 2.50 bits per heavy atom. The summed E-state index contributed by atoms with van der Waals surface area (Å²) in [6.45, 7) is 1.93. The lowest BCUT2D eigenvalue weighted by molar-refractivity contribution is -0.116. The van der Waals surface area contributed by atoms with E-state index in [1.165, 1.54) is 18.7 Å². The molecule has 18 heavy (non-hydrogen) atoms. The molecule has 7 nitrogen and oxygen atoms in total. The molecule has 1 aromatic heterocycles. The fourth-order valence-electron chi connectivity index (χ4n) is 2.03. The van der Waals surface area contributed by atoms with Crippen LogP contribution in [0.4, 0.5) is 11.5 Å². The number of hydrogen-bond acceptors (Lipinski definition) is 4. The number of fused-ring (bicyclic) bond motifs is 1. The molecule has 2 N–H and O–H groups in total. The molecule has 1 unspecified atom stereocenters. The summed E-state index contributed by atoms with van der Waals surface area (Å²) < 4.78 is 2.29. The van der Waals surface area contributed by atoms with Gasteiger partial charge < -0.3 is 10.6 Å². The van der Waals surface area contributed by atoms with Crippen LogP contribution in [-0.4, -0.2) is 21.1 Å². The van der Waals surface area contributed by atoms with E-state index in [9.17, 15) is 14.4 Å². The van der Waals surface area contributed by atoms with Crippen molar-refractivity contribution in [2.24, 2.45) is 14.1 Å². The molecule has 7 heteroatoms. The summed E-state index contributed by atoms with van der Waals surface area (Å²) in [6.07, 6.45) is 1.00. The van der Waals surface area contributed by atoms with E-state index in [4.69, 9.17) is 0 Å². The van der Waals surface area contributed by atoms with E-state index in [2.05, 4.69) is 10.6 Å². The van der Waals surface area contributed by atoms with E-state index in [1.807, 2.05) is 6.92 Å². The Morgan fingerprint density at radius 2 is 1.89 bits per heavy atom. The second-order valence-electron chi connectivity index (χ2n) is 4.43. The molecule has 0 spiro atoms. The zero-order valence-corrected chi connectivity index (χ0v) is 10.6. The molecule has 0 bridgehead atoms. The molecule has 0 saturated carbocycles. The van der Waals surface area contributed by atoms with Crippen LogP contribution in [-0.2, 0) is 18.9 Å². The van der Waals surface area contributed by atoms with Crippen molar-refractivity contribution in [3.63, 3.8) is 0 Å². The topological polar surface area (TPSA) is 85.1 Å². The van der Waals surface area contributed by atoms with Gasteiger partial charge in [-0.15, -0.1) is 0 Å². The van der Waals surface area contributed by atoms with Crippen LogP contribution in [0.25, 0.3) is 0 Å². The zero-order chi connectivity index (χ0) is 13.4. The van der Waals surface area contributed by atoms with Crippen molar-refractivity contribution < 1.29 is 4.79 Å². The first-order valence-corrected chi connectivity index (χ1v) is 5.82. The molecule has 0 aliphatic carbocycles. The lowest BCUT2D eigenvalue weighted by Crippen LogP contribution is -2.39. The van der Waals surface area contributed by atoms with Gasteiger partial charge in [0.15, 0.2) is 0 Å². The number of hydrogen-bond donors (Lipinski definition) is 2. The van der Waals surface area contributed by atoms with Gasteiger partial charge in [0.25, 0.3) is 5.56 Å². The molecule has 2 rings (SSSR count). The molecule has 98 valence electrons. The predicted octanol–water partition coefficient (Wildman–Crippen LogP) is -0.383. The van der Waals surface area contributed by atoms with Gasteiger partial charge in [0.2, 0.25) is 5.91 Å². The van der Waals surface area contributed by atoms with Crippen LogP contribution in [0.2, 0.25) is 0 Å². The third-order valence-corrected chi connectivity index (χ3v) is 3.20. The van der Waals surface area contributed by atoms with E-state index >= 15 is 0 Å². The predicted molar refractivity (Wildman–Crippen MR) is 67.9 cm³/mol. The van der Waals surface area contributed by atoms with Gasteiger partial charge in [-0.2, -0.15) is 0 Å². The van der Waals surface area contributed by atoms with E-state index in [-0.39, 0.29) is 29.9 Å². The van der Waals surface area contributed by atoms with Crippen molar-refractivity contribution in [1.82, 2.24) is 9.13 Å². The second kappa shape index (κ2) is 4.32. The summed E-state index contributed by atoms with van der Waals surface area (Å²) in [7, 11) is 2.94. The lowest BCUT2D eigenvalue weighted by atomic mass is 10.1. The maximum atomic E-state index is 12.0. The minimum Gasteiger partial charge on any atom is -0.374 e. The number of carbonyl (C=O) groups excluding carboxylic acids is 1. The standard InChI is InChI=1S/C11H16N4O3/c1-4-6-5-7(16)13-9-8(12-6)10(17)15(3)11(18)14(9)2/h6,12H,4-5H2,1-3H3,(H,13,16). The van der Waals surface area contributed by atoms with E-state index in [1.54, 1.807) is 0 Å². The van der Waals surface area contributed by atoms with Crippen LogP contribution in [0.15, 0.2) is 9.59 Å². The van der Waals surface area contributed by atoms with Crippen LogP contribution in [0.3, 0.4) is 0 Å². The molecule has 1 aliphatic heterocycles. The smallest absolute Gasteiger partial charge is 0.332 e. The molecule has 1 aromatic rings. The molecule has 1 aliphatic rings. The summed E-state index contributed by atoms with van der Waals surface area (Å²) in [4.78, 5) is 35.5. The van der Waals surface area contributed by atoms with Crippen LogP contribution in [0.1, 0.15) is 19.8 Å². The highest BCUT2D eigenvalue weighted by Crippen LogP contribution is 2.21. The minimum absolute atomic E-state index is 0.101. The first kappa shape index (κ1) is 12.4. The highest BCUT2D eigenvalue weighted by atomic mass is 16.2. The van der Waals surface area contributed by atoms with Gasteiger partial charge in [0.1, 0.15) is 11.5 Å². The third-order valence-electron chi connectivity index (χ3n) is 3.20. The quantitative estimate of drug-likeness (QED) is 0.713. The first-order chi connectivity index (χ1) is 8.45. The van der Waals surface area contributed by atoms with Crippen LogP contribution in [0, 0.1) is 0 Å². The molecular weight excluding hydrogens is 236 g/mol. The normalized spacial score (nSPS) is 18.6. The molecule has 2 heterocycles. The lowest BCUT2D eigenvalue weighted by Gasteiger charge is -2.15. The molecule has 0 saturated heterocycles. The Bertz CT molecular complexity index is 614. The molecule has 0 radical (unpaired) electrons. The monoisotopic (exact) mass is 252 g/mol. The Balaban J connectivity index is 2.71. The van der Waals surface area contributed by atoms with Gasteiger partial charge in [0, 0.05) is 26.6 Å². The van der Waals surface area contributed by atoms with Gasteiger partial charge in [-0.1, -0.05) is 6.92 Å². The Labute approximate surface area is 103 Å². The summed E-state index contributed by atoms with van der Waals surface area (Å²) in [5, 5.41) is 5.65. The second-order valence-corrected chi connectivity index (χ2v) is 4.43. The summed E-state index contributed by atoms with van der Waals surface area (Å²) in [5.74, 6) is 0.0420. The number of nitrogens with one attached hydrogen (secondary N) is 2. The fourth-order valence-corrected chi connectivity index (χ4v) is 2.03. The van der Waals surface area contributed by atoms with Crippen molar-refractivity contribution >= 4 is 17.4 Å². The highest BCUT2D eigenvalue weighted by Gasteiger charge is 2.24. The highest BCUT2D eigenvalue weighted by molar-refractivity contribution is 5.95. The Hall–Kier alpha value is -2.05. The van der Waals surface area contributed by atoms with E-state index in [0.29, 0.717) is 0 Å². The number of aromatic nitrogens is 2. The van der Waals surface area contributed by atoms with Crippen molar-refractivity contribution in [2.75, 3.05) is 10.6 Å². The summed E-state index contributed by atoms with van der Waals surface area (Å²) in [5.41, 5.74) is -0.609. The van der Waals surface area contributed by atoms with E-state index < -0.39 is 11.2 Å². The van der Waals surface area contributed by atoms with Crippen molar-refractivity contribution in [1.29, 1.82) is 0 Å². The van der Waals surface area contributed by atoms with Gasteiger partial charge in [0.05, 0.1) is 0 Å². The molecule has 0 aromatic carbocycles. The third kappa shape index (κ3) is 1.81. The Morgan fingerprint density at radius 1 is 1.22 bits per heavy atom. The average molecular weight is 252 g/mol. The molecular formula is C11H16N4O3. The van der Waals surface area contributed by atoms with Crippen molar-refractivity contribution in [3.8, 4) is 0 Å². The van der Waals surface area contributed by atoms with Crippen LogP contribution >= 0.6 is 0 Å². The summed E-state index contributed by atoms with van der Waals surface area (Å²) >= 11 is 0. The van der Waals surface area contributed by atoms with Gasteiger partial charge in [-0.3, -0.25) is 18.7 Å². The first-order valence-electron chi connectivity index (χ1n) is 5.82. The Kier molecular flexibility index (Phi) is 2.98. The molecule has 1 atom stereocenters. The number of anilines is 2. The van der Waals surface area contributed by atoms with Crippen molar-refractivity contribution in [2.45, 2.75) is 25.8 Å². The van der Waals surface area contributed by atoms with E-state index in [0.717, 1.165) is 11.0 Å². The average Bonchev–Trinajstić information content (AvgIpc) is 2.52. The molecule has 1 amide bonds. The van der Waals surface area contributed by atoms with Crippen molar-refractivity contribution in [3.05, 3.63) is 20.8 Å². The number of nitrogens with zero attached hydrogens (tertiary/aromatic N) is 2. The number of amides is 1. The fraction of sp³-hybridized carbons (Fsp3) is 0.545. The minimum atomic E-state index is -0.462. The van der Waals surface area contributed by atoms with Crippen LogP contribution in [0.5, 0.6) is 0 Å². The molecule has 0 fully saturated rings.